The van der Waals surface area contributed by atoms with Crippen molar-refractivity contribution in [3.05, 3.63) is 32.0 Å². The molecule has 0 fully saturated rings. The van der Waals surface area contributed by atoms with Crippen molar-refractivity contribution in [2.24, 2.45) is 0 Å². The zero-order chi connectivity index (χ0) is 18.8. The van der Waals surface area contributed by atoms with Gasteiger partial charge >= 0.3 is 17.7 Å². The maximum Gasteiger partial charge on any atom is 0.391 e. The highest BCUT2D eigenvalue weighted by Crippen LogP contribution is 2.37. The van der Waals surface area contributed by atoms with Gasteiger partial charge < -0.3 is 14.3 Å². The maximum atomic E-state index is 12.3. The Morgan fingerprint density at radius 1 is 1.32 bits per heavy atom. The van der Waals surface area contributed by atoms with E-state index in [0.717, 1.165) is 13.2 Å². The molecule has 1 aliphatic rings. The van der Waals surface area contributed by atoms with Gasteiger partial charge in [-0.05, 0) is 22.0 Å². The summed E-state index contributed by atoms with van der Waals surface area (Å²) in [4.78, 5) is 39.1. The molecule has 0 saturated carbocycles. The van der Waals surface area contributed by atoms with E-state index < -0.39 is 37.1 Å². The second-order valence-electron chi connectivity index (χ2n) is 4.15. The Labute approximate surface area is 143 Å². The summed E-state index contributed by atoms with van der Waals surface area (Å²) < 4.78 is 36.7. The number of carbonyl (C=O) groups excluding carboxylic acids is 2. The van der Waals surface area contributed by atoms with E-state index in [4.69, 9.17) is 9.47 Å². The number of methoxy groups -OCH3 is 2. The van der Waals surface area contributed by atoms with E-state index in [1.807, 2.05) is 0 Å². The second kappa shape index (κ2) is 6.96. The molecule has 1 amide bonds. The van der Waals surface area contributed by atoms with Crippen LogP contribution in [-0.4, -0.2) is 55.5 Å². The summed E-state index contributed by atoms with van der Waals surface area (Å²) in [5.74, 6) is 0. The van der Waals surface area contributed by atoms with Gasteiger partial charge in [0.1, 0.15) is 12.0 Å². The van der Waals surface area contributed by atoms with Gasteiger partial charge in [0.15, 0.2) is 10.3 Å². The largest absolute Gasteiger partial charge is 0.489 e. The minimum absolute atomic E-state index is 0.178. The average Bonchev–Trinajstić information content (AvgIpc) is 3.14. The molecule has 14 heteroatoms. The van der Waals surface area contributed by atoms with Crippen LogP contribution in [0.5, 0.6) is 6.01 Å². The van der Waals surface area contributed by atoms with E-state index in [9.17, 15) is 22.8 Å². The van der Waals surface area contributed by atoms with Crippen molar-refractivity contribution in [1.29, 1.82) is 0 Å². The lowest BCUT2D eigenvalue weighted by Gasteiger charge is -2.08. The predicted octanol–water partition coefficient (Wildman–Crippen LogP) is -1.32. The fraction of sp³-hybridized carbons (Fsp3) is 0.273. The summed E-state index contributed by atoms with van der Waals surface area (Å²) in [6, 6.07) is -1.74. The molecule has 12 nitrogen and oxygen atoms in total. The molecule has 0 saturated heterocycles. The first-order valence-electron chi connectivity index (χ1n) is 6.25. The zero-order valence-corrected chi connectivity index (χ0v) is 14.7. The van der Waals surface area contributed by atoms with Crippen molar-refractivity contribution in [3.63, 3.8) is 0 Å². The Bertz CT molecular complexity index is 994. The molecular formula is C11H12N4O8S2. The number of carbonyl (C=O) groups is 1. The summed E-state index contributed by atoms with van der Waals surface area (Å²) >= 11 is 0. The van der Waals surface area contributed by atoms with Crippen molar-refractivity contribution in [1.82, 2.24) is 19.2 Å². The Kier molecular flexibility index (Phi) is 5.15. The van der Waals surface area contributed by atoms with Crippen molar-refractivity contribution in [2.45, 2.75) is 0 Å². The molecule has 1 atom stereocenters. The zero-order valence-electron chi connectivity index (χ0n) is 13.1. The standard InChI is InChI=1S/C11H12N4O8S2/c1-21-8-7(4-5-24(8)6-16)25(19,20)13-9(17)14-11(18)15(23-3)10(12-14)22-2/h4-5H,1-3H3,(H,13,17). The average molecular weight is 392 g/mol. The molecular weight excluding hydrogens is 380 g/mol. The molecule has 25 heavy (non-hydrogen) atoms. The van der Waals surface area contributed by atoms with E-state index in [-0.39, 0.29) is 15.8 Å². The van der Waals surface area contributed by atoms with Crippen LogP contribution in [0.1, 0.15) is 0 Å². The lowest BCUT2D eigenvalue weighted by molar-refractivity contribution is 0.128. The highest BCUT2D eigenvalue weighted by Gasteiger charge is 2.30. The van der Waals surface area contributed by atoms with Crippen molar-refractivity contribution in [2.75, 3.05) is 21.3 Å². The number of hydrogen-bond acceptors (Lipinski definition) is 9. The van der Waals surface area contributed by atoms with Crippen molar-refractivity contribution >= 4 is 31.8 Å². The number of allylic oxidation sites excluding steroid dienone is 1. The van der Waals surface area contributed by atoms with Gasteiger partial charge in [0.25, 0.3) is 10.0 Å². The van der Waals surface area contributed by atoms with Gasteiger partial charge in [-0.15, -0.1) is 9.78 Å². The predicted molar refractivity (Wildman–Crippen MR) is 84.9 cm³/mol. The summed E-state index contributed by atoms with van der Waals surface area (Å²) in [6.45, 7) is 0. The van der Waals surface area contributed by atoms with E-state index in [1.54, 1.807) is 9.95 Å². The molecule has 1 N–H and O–H groups in total. The first-order chi connectivity index (χ1) is 11.8. The molecule has 2 heterocycles. The number of sulfonamides is 1. The first-order valence-corrected chi connectivity index (χ1v) is 9.02. The third-order valence-electron chi connectivity index (χ3n) is 2.81. The molecule has 1 aliphatic heterocycles. The van der Waals surface area contributed by atoms with Crippen LogP contribution in [0.2, 0.25) is 0 Å². The number of hydrogen-bond donors (Lipinski definition) is 1. The number of amides is 1. The van der Waals surface area contributed by atoms with Gasteiger partial charge in [-0.3, -0.25) is 0 Å². The summed E-state index contributed by atoms with van der Waals surface area (Å²) in [5.41, 5.74) is -1.09. The summed E-state index contributed by atoms with van der Waals surface area (Å²) in [6.07, 6.45) is 1.10. The molecule has 0 bridgehead atoms. The summed E-state index contributed by atoms with van der Waals surface area (Å²) in [7, 11) is -2.27. The van der Waals surface area contributed by atoms with Crippen LogP contribution in [0.25, 0.3) is 0 Å². The van der Waals surface area contributed by atoms with Crippen LogP contribution in [0.3, 0.4) is 0 Å². The number of nitrogens with zero attached hydrogens (tertiary/aromatic N) is 3. The van der Waals surface area contributed by atoms with Crippen LogP contribution in [0.15, 0.2) is 26.3 Å². The minimum Gasteiger partial charge on any atom is -0.489 e. The highest BCUT2D eigenvalue weighted by atomic mass is 32.2. The van der Waals surface area contributed by atoms with E-state index in [0.29, 0.717) is 4.73 Å². The third-order valence-corrected chi connectivity index (χ3v) is 5.66. The van der Waals surface area contributed by atoms with Crippen LogP contribution in [0.4, 0.5) is 4.79 Å². The van der Waals surface area contributed by atoms with Gasteiger partial charge in [-0.1, -0.05) is 4.73 Å². The second-order valence-corrected chi connectivity index (χ2v) is 7.28. The molecule has 1 unspecified atom stereocenters. The van der Waals surface area contributed by atoms with E-state index >= 15 is 0 Å². The highest BCUT2D eigenvalue weighted by molar-refractivity contribution is 8.20. The van der Waals surface area contributed by atoms with Gasteiger partial charge in [0, 0.05) is 0 Å². The van der Waals surface area contributed by atoms with Crippen LogP contribution >= 0.6 is 10.5 Å². The lowest BCUT2D eigenvalue weighted by atomic mass is 10.6. The topological polar surface area (TPSA) is 148 Å². The SMILES string of the molecule is COC1=C(S(=O)(=O)NC(=O)n2nc(OC)n(OC)c2=O)C=CS1=C=O. The van der Waals surface area contributed by atoms with Crippen LogP contribution in [-0.2, 0) is 19.6 Å². The monoisotopic (exact) mass is 392 g/mol. The van der Waals surface area contributed by atoms with E-state index in [1.165, 1.54) is 19.6 Å². The molecule has 0 aliphatic carbocycles. The maximum absolute atomic E-state index is 12.3. The number of ether oxygens (including phenoxy) is 2. The van der Waals surface area contributed by atoms with Gasteiger partial charge in [0.2, 0.25) is 0 Å². The van der Waals surface area contributed by atoms with Crippen molar-refractivity contribution in [3.8, 4) is 6.01 Å². The van der Waals surface area contributed by atoms with Gasteiger partial charge in [-0.25, -0.2) is 27.5 Å². The van der Waals surface area contributed by atoms with Crippen LogP contribution < -0.4 is 20.0 Å². The Hall–Kier alpha value is -2.83. The van der Waals surface area contributed by atoms with Gasteiger partial charge in [0.05, 0.1) is 14.2 Å². The molecule has 0 spiro atoms. The van der Waals surface area contributed by atoms with Gasteiger partial charge in [-0.2, -0.15) is 0 Å². The molecule has 1 aromatic rings. The Morgan fingerprint density at radius 2 is 2.00 bits per heavy atom. The number of rotatable bonds is 5. The molecule has 1 aromatic heterocycles. The van der Waals surface area contributed by atoms with Crippen molar-refractivity contribution < 1.29 is 32.3 Å². The number of aromatic nitrogens is 3. The lowest BCUT2D eigenvalue weighted by Crippen LogP contribution is -2.41. The molecule has 0 aromatic carbocycles. The molecule has 0 radical (unpaired) electrons. The summed E-state index contributed by atoms with van der Waals surface area (Å²) in [5, 5.41) is 6.20. The minimum atomic E-state index is -4.44. The fourth-order valence-electron chi connectivity index (χ4n) is 1.79. The Morgan fingerprint density at radius 3 is 2.48 bits per heavy atom. The normalized spacial score (nSPS) is 16.5. The van der Waals surface area contributed by atoms with Crippen LogP contribution in [0, 0.1) is 0 Å². The third kappa shape index (κ3) is 3.22. The van der Waals surface area contributed by atoms with E-state index in [2.05, 4.69) is 9.94 Å². The quantitative estimate of drug-likeness (QED) is 0.602. The molecule has 136 valence electrons. The fourth-order valence-corrected chi connectivity index (χ4v) is 4.44. The first kappa shape index (κ1) is 18.5. The number of nitrogens with one attached hydrogen (secondary N) is 1. The Balaban J connectivity index is 2.41. The molecule has 2 rings (SSSR count). The smallest absolute Gasteiger partial charge is 0.391 e.